The highest BCUT2D eigenvalue weighted by atomic mass is 35.5. The molecule has 2 fully saturated rings. The minimum Gasteiger partial charge on any atom is -0.433 e. The van der Waals surface area contributed by atoms with Crippen molar-refractivity contribution in [2.45, 2.75) is 31.5 Å². The van der Waals surface area contributed by atoms with E-state index in [2.05, 4.69) is 20.7 Å². The van der Waals surface area contributed by atoms with E-state index in [1.54, 1.807) is 12.1 Å². The van der Waals surface area contributed by atoms with Crippen molar-refractivity contribution >= 4 is 52.0 Å². The van der Waals surface area contributed by atoms with Crippen LogP contribution in [0.3, 0.4) is 0 Å². The van der Waals surface area contributed by atoms with E-state index in [1.165, 1.54) is 23.1 Å². The number of benzene rings is 1. The second-order valence-electron chi connectivity index (χ2n) is 7.95. The number of anilines is 2. The molecule has 3 N–H and O–H groups in total. The molecule has 2 aliphatic rings. The Bertz CT molecular complexity index is 1100. The zero-order valence-corrected chi connectivity index (χ0v) is 20.0. The molecule has 0 bridgehead atoms. The molecule has 1 aliphatic carbocycles. The predicted molar refractivity (Wildman–Crippen MR) is 126 cm³/mol. The molecule has 0 spiro atoms. The van der Waals surface area contributed by atoms with Gasteiger partial charge in [0.25, 0.3) is 11.8 Å². The third-order valence-electron chi connectivity index (χ3n) is 5.33. The molecular formula is C22H23ClF2N4O5S. The monoisotopic (exact) mass is 528 g/mol. The van der Waals surface area contributed by atoms with Gasteiger partial charge in [-0.25, -0.2) is 0 Å². The molecule has 1 aliphatic heterocycles. The second-order valence-corrected chi connectivity index (χ2v) is 9.67. The van der Waals surface area contributed by atoms with Crippen molar-refractivity contribution in [3.8, 4) is 5.75 Å². The maximum Gasteiger partial charge on any atom is 0.387 e. The summed E-state index contributed by atoms with van der Waals surface area (Å²) >= 11 is 6.99. The van der Waals surface area contributed by atoms with Crippen molar-refractivity contribution in [3.05, 3.63) is 39.5 Å². The molecule has 2 heterocycles. The Kier molecular flexibility index (Phi) is 8.16. The van der Waals surface area contributed by atoms with Gasteiger partial charge < -0.3 is 30.3 Å². The molecule has 4 rings (SSSR count). The number of ether oxygens (including phenoxy) is 2. The Hall–Kier alpha value is -2.80. The number of alkyl halides is 2. The molecule has 3 amide bonds. The first-order valence-corrected chi connectivity index (χ1v) is 12.1. The van der Waals surface area contributed by atoms with Gasteiger partial charge in [-0.2, -0.15) is 8.78 Å². The molecule has 1 atom stereocenters. The molecule has 1 aromatic heterocycles. The van der Waals surface area contributed by atoms with Gasteiger partial charge in [0.2, 0.25) is 5.91 Å². The topological polar surface area (TPSA) is 109 Å². The van der Waals surface area contributed by atoms with Crippen LogP contribution < -0.4 is 25.6 Å². The molecule has 188 valence electrons. The smallest absolute Gasteiger partial charge is 0.387 e. The van der Waals surface area contributed by atoms with Crippen LogP contribution in [0.4, 0.5) is 20.2 Å². The number of nitrogens with one attached hydrogen (secondary N) is 3. The summed E-state index contributed by atoms with van der Waals surface area (Å²) in [6, 6.07) is 6.70. The minimum atomic E-state index is -3.14. The molecular weight excluding hydrogens is 506 g/mol. The van der Waals surface area contributed by atoms with E-state index in [9.17, 15) is 23.2 Å². The molecule has 35 heavy (non-hydrogen) atoms. The average Bonchev–Trinajstić information content (AvgIpc) is 3.54. The van der Waals surface area contributed by atoms with Gasteiger partial charge in [0.05, 0.1) is 21.5 Å². The first kappa shape index (κ1) is 25.3. The van der Waals surface area contributed by atoms with Crippen LogP contribution in [0, 0.1) is 0 Å². The third-order valence-corrected chi connectivity index (χ3v) is 6.56. The van der Waals surface area contributed by atoms with Gasteiger partial charge in [-0.15, -0.1) is 11.3 Å². The van der Waals surface area contributed by atoms with E-state index in [4.69, 9.17) is 16.3 Å². The Morgan fingerprint density at radius 2 is 2.06 bits per heavy atom. The fraction of sp³-hybridized carbons (Fsp3) is 0.409. The highest BCUT2D eigenvalue weighted by Gasteiger charge is 2.30. The molecule has 0 radical (unpaired) electrons. The van der Waals surface area contributed by atoms with Gasteiger partial charge in [-0.05, 0) is 37.1 Å². The van der Waals surface area contributed by atoms with Crippen molar-refractivity contribution in [3.63, 3.8) is 0 Å². The van der Waals surface area contributed by atoms with Gasteiger partial charge in [0, 0.05) is 30.9 Å². The van der Waals surface area contributed by atoms with Crippen LogP contribution in [0.15, 0.2) is 30.3 Å². The number of morpholine rings is 1. The van der Waals surface area contributed by atoms with E-state index < -0.39 is 18.6 Å². The van der Waals surface area contributed by atoms with Crippen molar-refractivity contribution in [1.29, 1.82) is 0 Å². The molecule has 1 aromatic carbocycles. The largest absolute Gasteiger partial charge is 0.433 e. The second kappa shape index (κ2) is 11.3. The van der Waals surface area contributed by atoms with Crippen molar-refractivity contribution < 1.29 is 32.6 Å². The zero-order valence-electron chi connectivity index (χ0n) is 18.4. The SMILES string of the molecule is O=C(NC[C@@H](NC1CC1)C(=O)Nc1ccc(N2CCOCC2=O)cc1OC(F)F)c1ccc(Cl)s1. The van der Waals surface area contributed by atoms with E-state index >= 15 is 0 Å². The Morgan fingerprint density at radius 3 is 2.71 bits per heavy atom. The van der Waals surface area contributed by atoms with E-state index in [1.807, 2.05) is 0 Å². The average molecular weight is 529 g/mol. The fourth-order valence-corrected chi connectivity index (χ4v) is 4.43. The number of amides is 3. The summed E-state index contributed by atoms with van der Waals surface area (Å²) < 4.78 is 36.4. The predicted octanol–water partition coefficient (Wildman–Crippen LogP) is 2.86. The van der Waals surface area contributed by atoms with E-state index in [-0.39, 0.29) is 49.0 Å². The zero-order chi connectivity index (χ0) is 24.9. The standard InChI is InChI=1S/C22H23ClF2N4O5S/c23-18-6-5-17(35-18)21(32)26-10-15(27-12-1-2-12)20(31)28-14-4-3-13(9-16(14)34-22(24)25)29-7-8-33-11-19(29)30/h3-6,9,12,15,22,27H,1-2,7-8,10-11H2,(H,26,32)(H,28,31)/t15-/m1/s1. The van der Waals surface area contributed by atoms with Crippen LogP contribution in [0.2, 0.25) is 4.34 Å². The van der Waals surface area contributed by atoms with Crippen LogP contribution in [0.25, 0.3) is 0 Å². The minimum absolute atomic E-state index is 0.0127. The molecule has 13 heteroatoms. The first-order chi connectivity index (χ1) is 16.8. The number of halogens is 3. The summed E-state index contributed by atoms with van der Waals surface area (Å²) in [7, 11) is 0. The lowest BCUT2D eigenvalue weighted by Crippen LogP contribution is -2.49. The Labute approximate surface area is 208 Å². The number of hydrogen-bond donors (Lipinski definition) is 3. The number of hydrogen-bond acceptors (Lipinski definition) is 7. The highest BCUT2D eigenvalue weighted by molar-refractivity contribution is 7.18. The van der Waals surface area contributed by atoms with Crippen LogP contribution >= 0.6 is 22.9 Å². The fourth-order valence-electron chi connectivity index (χ4n) is 3.47. The summed E-state index contributed by atoms with van der Waals surface area (Å²) in [6.07, 6.45) is 1.78. The lowest BCUT2D eigenvalue weighted by atomic mass is 10.2. The quantitative estimate of drug-likeness (QED) is 0.437. The number of carbonyl (C=O) groups is 3. The summed E-state index contributed by atoms with van der Waals surface area (Å²) in [5, 5.41) is 8.45. The molecule has 1 saturated carbocycles. The van der Waals surface area contributed by atoms with Crippen LogP contribution in [0.5, 0.6) is 5.75 Å². The summed E-state index contributed by atoms with van der Waals surface area (Å²) in [5.74, 6) is -1.51. The van der Waals surface area contributed by atoms with Crippen LogP contribution in [0.1, 0.15) is 22.5 Å². The lowest BCUT2D eigenvalue weighted by molar-refractivity contribution is -0.125. The number of thiophene rings is 1. The maximum absolute atomic E-state index is 13.1. The van der Waals surface area contributed by atoms with Gasteiger partial charge in [-0.3, -0.25) is 14.4 Å². The van der Waals surface area contributed by atoms with Gasteiger partial charge in [0.1, 0.15) is 12.6 Å². The number of rotatable bonds is 10. The van der Waals surface area contributed by atoms with Gasteiger partial charge in [0.15, 0.2) is 5.75 Å². The summed E-state index contributed by atoms with van der Waals surface area (Å²) in [4.78, 5) is 39.3. The van der Waals surface area contributed by atoms with Crippen molar-refractivity contribution in [2.75, 3.05) is 36.5 Å². The molecule has 9 nitrogen and oxygen atoms in total. The van der Waals surface area contributed by atoms with Crippen LogP contribution in [-0.4, -0.2) is 62.7 Å². The Balaban J connectivity index is 1.47. The van der Waals surface area contributed by atoms with Crippen molar-refractivity contribution in [1.82, 2.24) is 10.6 Å². The van der Waals surface area contributed by atoms with Gasteiger partial charge >= 0.3 is 6.61 Å². The highest BCUT2D eigenvalue weighted by Crippen LogP contribution is 2.32. The lowest BCUT2D eigenvalue weighted by Gasteiger charge is -2.27. The number of carbonyl (C=O) groups excluding carboxylic acids is 3. The molecule has 1 saturated heterocycles. The van der Waals surface area contributed by atoms with E-state index in [0.717, 1.165) is 24.2 Å². The maximum atomic E-state index is 13.1. The Morgan fingerprint density at radius 1 is 1.26 bits per heavy atom. The normalized spacial score (nSPS) is 16.8. The number of nitrogens with zero attached hydrogens (tertiary/aromatic N) is 1. The summed E-state index contributed by atoms with van der Waals surface area (Å²) in [6.45, 7) is -2.70. The molecule has 2 aromatic rings. The third kappa shape index (κ3) is 6.88. The van der Waals surface area contributed by atoms with E-state index in [0.29, 0.717) is 21.5 Å². The summed E-state index contributed by atoms with van der Waals surface area (Å²) in [5.41, 5.74) is 0.361. The first-order valence-electron chi connectivity index (χ1n) is 10.9. The van der Waals surface area contributed by atoms with Crippen LogP contribution in [-0.2, 0) is 14.3 Å². The van der Waals surface area contributed by atoms with Gasteiger partial charge in [-0.1, -0.05) is 11.6 Å². The molecule has 0 unspecified atom stereocenters. The van der Waals surface area contributed by atoms with Crippen molar-refractivity contribution in [2.24, 2.45) is 0 Å².